The van der Waals surface area contributed by atoms with E-state index in [-0.39, 0.29) is 0 Å². The van der Waals surface area contributed by atoms with Crippen LogP contribution in [0.5, 0.6) is 5.75 Å². The lowest BCUT2D eigenvalue weighted by atomic mass is 10.2. The Morgan fingerprint density at radius 1 is 1.25 bits per heavy atom. The summed E-state index contributed by atoms with van der Waals surface area (Å²) in [4.78, 5) is 10.6. The summed E-state index contributed by atoms with van der Waals surface area (Å²) < 4.78 is 54.5. The summed E-state index contributed by atoms with van der Waals surface area (Å²) >= 11 is 0. The minimum atomic E-state index is -3.53. The molecule has 2 N–H and O–H groups in total. The Bertz CT molecular complexity index is 634. The third-order valence-corrected chi connectivity index (χ3v) is 4.47. The summed E-state index contributed by atoms with van der Waals surface area (Å²) in [5.41, 5.74) is -0.605. The standard InChI is InChI=1S/C11H10F2O6S/c12-6-1-5(11(15)16)2-7(13)10(6)19-9-4-20(17,18)3-8(9)14/h1-2,8-9,14H,3-4H2,(H,15,16). The Balaban J connectivity index is 2.29. The second kappa shape index (κ2) is 4.98. The number of carboxylic acid groups (broad SMARTS) is 1. The Hall–Kier alpha value is -1.74. The summed E-state index contributed by atoms with van der Waals surface area (Å²) in [6.07, 6.45) is -2.68. The minimum Gasteiger partial charge on any atom is -0.480 e. The maximum absolute atomic E-state index is 13.6. The molecular formula is C11H10F2O6S. The molecule has 9 heteroatoms. The number of benzene rings is 1. The molecule has 2 unspecified atom stereocenters. The molecule has 0 aliphatic carbocycles. The maximum atomic E-state index is 13.6. The van der Waals surface area contributed by atoms with E-state index in [1.54, 1.807) is 0 Å². The van der Waals surface area contributed by atoms with E-state index in [0.717, 1.165) is 0 Å². The summed E-state index contributed by atoms with van der Waals surface area (Å²) in [6.45, 7) is 0. The van der Waals surface area contributed by atoms with Crippen LogP contribution >= 0.6 is 0 Å². The number of carboxylic acids is 1. The topological polar surface area (TPSA) is 101 Å². The zero-order valence-corrected chi connectivity index (χ0v) is 10.7. The third-order valence-electron chi connectivity index (χ3n) is 2.79. The highest BCUT2D eigenvalue weighted by molar-refractivity contribution is 7.91. The van der Waals surface area contributed by atoms with Crippen LogP contribution in [0.1, 0.15) is 10.4 Å². The number of aliphatic hydroxyl groups is 1. The van der Waals surface area contributed by atoms with Crippen LogP contribution in [-0.4, -0.2) is 48.3 Å². The van der Waals surface area contributed by atoms with Crippen molar-refractivity contribution in [3.63, 3.8) is 0 Å². The van der Waals surface area contributed by atoms with Gasteiger partial charge in [0.25, 0.3) is 0 Å². The predicted molar refractivity (Wildman–Crippen MR) is 62.4 cm³/mol. The van der Waals surface area contributed by atoms with Gasteiger partial charge in [-0.15, -0.1) is 0 Å². The lowest BCUT2D eigenvalue weighted by Gasteiger charge is -2.16. The van der Waals surface area contributed by atoms with Crippen molar-refractivity contribution in [2.45, 2.75) is 12.2 Å². The number of rotatable bonds is 3. The van der Waals surface area contributed by atoms with E-state index in [1.807, 2.05) is 0 Å². The monoisotopic (exact) mass is 308 g/mol. The predicted octanol–water partition coefficient (Wildman–Crippen LogP) is 0.200. The smallest absolute Gasteiger partial charge is 0.335 e. The van der Waals surface area contributed by atoms with Crippen LogP contribution < -0.4 is 4.74 Å². The summed E-state index contributed by atoms with van der Waals surface area (Å²) in [7, 11) is -3.53. The van der Waals surface area contributed by atoms with Crippen LogP contribution in [0.4, 0.5) is 8.78 Å². The third kappa shape index (κ3) is 2.88. The fourth-order valence-electron chi connectivity index (χ4n) is 1.86. The van der Waals surface area contributed by atoms with E-state index in [9.17, 15) is 27.1 Å². The van der Waals surface area contributed by atoms with Crippen LogP contribution in [0.15, 0.2) is 12.1 Å². The number of aliphatic hydroxyl groups excluding tert-OH is 1. The first-order valence-electron chi connectivity index (χ1n) is 5.47. The molecule has 1 aromatic carbocycles. The number of ether oxygens (including phenoxy) is 1. The highest BCUT2D eigenvalue weighted by Gasteiger charge is 2.39. The van der Waals surface area contributed by atoms with Gasteiger partial charge in [-0.2, -0.15) is 0 Å². The molecule has 0 spiro atoms. The molecule has 1 heterocycles. The number of halogens is 2. The lowest BCUT2D eigenvalue weighted by Crippen LogP contribution is -2.30. The average Bonchev–Trinajstić information content (AvgIpc) is 2.56. The van der Waals surface area contributed by atoms with Gasteiger partial charge in [0.2, 0.25) is 0 Å². The molecule has 0 saturated carbocycles. The van der Waals surface area contributed by atoms with E-state index in [4.69, 9.17) is 9.84 Å². The van der Waals surface area contributed by atoms with E-state index < -0.39 is 62.5 Å². The normalized spacial score (nSPS) is 24.6. The highest BCUT2D eigenvalue weighted by atomic mass is 32.2. The summed E-state index contributed by atoms with van der Waals surface area (Å²) in [5, 5.41) is 18.1. The Morgan fingerprint density at radius 3 is 2.20 bits per heavy atom. The van der Waals surface area contributed by atoms with Crippen molar-refractivity contribution in [2.75, 3.05) is 11.5 Å². The zero-order valence-electron chi connectivity index (χ0n) is 9.92. The summed E-state index contributed by atoms with van der Waals surface area (Å²) in [5.74, 6) is -6.09. The fourth-order valence-corrected chi connectivity index (χ4v) is 3.52. The molecule has 1 fully saturated rings. The minimum absolute atomic E-state index is 0.548. The largest absolute Gasteiger partial charge is 0.480 e. The second-order valence-electron chi connectivity index (χ2n) is 4.37. The Kier molecular flexibility index (Phi) is 3.65. The molecule has 110 valence electrons. The number of hydrogen-bond donors (Lipinski definition) is 2. The Labute approximate surface area is 112 Å². The van der Waals surface area contributed by atoms with E-state index in [0.29, 0.717) is 12.1 Å². The highest BCUT2D eigenvalue weighted by Crippen LogP contribution is 2.27. The molecular weight excluding hydrogens is 298 g/mol. The molecule has 2 rings (SSSR count). The Morgan fingerprint density at radius 2 is 1.80 bits per heavy atom. The molecule has 1 aliphatic rings. The maximum Gasteiger partial charge on any atom is 0.335 e. The molecule has 0 radical (unpaired) electrons. The van der Waals surface area contributed by atoms with Crippen LogP contribution in [0.2, 0.25) is 0 Å². The van der Waals surface area contributed by atoms with Crippen molar-refractivity contribution >= 4 is 15.8 Å². The first-order valence-corrected chi connectivity index (χ1v) is 7.29. The molecule has 1 saturated heterocycles. The molecule has 20 heavy (non-hydrogen) atoms. The van der Waals surface area contributed by atoms with E-state index in [2.05, 4.69) is 0 Å². The SMILES string of the molecule is O=C(O)c1cc(F)c(OC2CS(=O)(=O)CC2O)c(F)c1. The van der Waals surface area contributed by atoms with Gasteiger partial charge in [0.05, 0.1) is 17.1 Å². The van der Waals surface area contributed by atoms with Crippen molar-refractivity contribution in [1.29, 1.82) is 0 Å². The van der Waals surface area contributed by atoms with Gasteiger partial charge in [-0.05, 0) is 12.1 Å². The first-order chi connectivity index (χ1) is 9.19. The fraction of sp³-hybridized carbons (Fsp3) is 0.364. The second-order valence-corrected chi connectivity index (χ2v) is 6.53. The molecule has 1 aromatic rings. The number of sulfone groups is 1. The van der Waals surface area contributed by atoms with Crippen molar-refractivity contribution in [2.24, 2.45) is 0 Å². The van der Waals surface area contributed by atoms with Gasteiger partial charge in [-0.1, -0.05) is 0 Å². The number of hydrogen-bond acceptors (Lipinski definition) is 5. The van der Waals surface area contributed by atoms with Crippen molar-refractivity contribution in [3.8, 4) is 5.75 Å². The van der Waals surface area contributed by atoms with Crippen molar-refractivity contribution < 1.29 is 36.9 Å². The average molecular weight is 308 g/mol. The molecule has 0 amide bonds. The van der Waals surface area contributed by atoms with Crippen LogP contribution in [-0.2, 0) is 9.84 Å². The van der Waals surface area contributed by atoms with Crippen LogP contribution in [0.25, 0.3) is 0 Å². The number of carbonyl (C=O) groups is 1. The zero-order chi connectivity index (χ0) is 15.1. The van der Waals surface area contributed by atoms with Gasteiger partial charge in [-0.3, -0.25) is 0 Å². The van der Waals surface area contributed by atoms with Crippen molar-refractivity contribution in [1.82, 2.24) is 0 Å². The number of aromatic carboxylic acids is 1. The van der Waals surface area contributed by atoms with E-state index >= 15 is 0 Å². The molecule has 1 aliphatic heterocycles. The van der Waals surface area contributed by atoms with Crippen molar-refractivity contribution in [3.05, 3.63) is 29.3 Å². The molecule has 0 aromatic heterocycles. The van der Waals surface area contributed by atoms with Gasteiger partial charge in [0.15, 0.2) is 27.2 Å². The van der Waals surface area contributed by atoms with E-state index in [1.165, 1.54) is 0 Å². The van der Waals surface area contributed by atoms with Crippen LogP contribution in [0.3, 0.4) is 0 Å². The van der Waals surface area contributed by atoms with Crippen LogP contribution in [0, 0.1) is 11.6 Å². The van der Waals surface area contributed by atoms with Gasteiger partial charge in [0.1, 0.15) is 12.2 Å². The first kappa shape index (κ1) is 14.7. The lowest BCUT2D eigenvalue weighted by molar-refractivity contribution is 0.0667. The quantitative estimate of drug-likeness (QED) is 0.827. The molecule has 0 bridgehead atoms. The molecule has 2 atom stereocenters. The van der Waals surface area contributed by atoms with Gasteiger partial charge < -0.3 is 14.9 Å². The van der Waals surface area contributed by atoms with Gasteiger partial charge in [-0.25, -0.2) is 22.0 Å². The summed E-state index contributed by atoms with van der Waals surface area (Å²) in [6, 6.07) is 1.10. The molecule has 6 nitrogen and oxygen atoms in total. The van der Waals surface area contributed by atoms with Gasteiger partial charge in [0, 0.05) is 0 Å². The van der Waals surface area contributed by atoms with Gasteiger partial charge >= 0.3 is 5.97 Å².